The van der Waals surface area contributed by atoms with E-state index in [0.29, 0.717) is 5.75 Å². The summed E-state index contributed by atoms with van der Waals surface area (Å²) in [5.74, 6) is 0.421. The molecule has 0 atom stereocenters. The second-order valence-electron chi connectivity index (χ2n) is 6.48. The topological polar surface area (TPSA) is 39.9 Å². The van der Waals surface area contributed by atoms with Crippen LogP contribution >= 0.6 is 0 Å². The molecular weight excluding hydrogens is 353 g/mol. The zero-order valence-electron chi connectivity index (χ0n) is 15.1. The second kappa shape index (κ2) is 6.46. The van der Waals surface area contributed by atoms with Crippen LogP contribution in [0.25, 0.3) is 38.8 Å². The molecule has 0 saturated carbocycles. The van der Waals surface area contributed by atoms with Crippen molar-refractivity contribution in [1.82, 2.24) is 14.8 Å². The van der Waals surface area contributed by atoms with E-state index in [4.69, 9.17) is 9.84 Å². The summed E-state index contributed by atoms with van der Waals surface area (Å²) in [4.78, 5) is 4.65. The summed E-state index contributed by atoms with van der Waals surface area (Å²) in [6.45, 7) is 0. The zero-order chi connectivity index (χ0) is 19.1. The van der Waals surface area contributed by atoms with E-state index in [1.807, 2.05) is 59.4 Å². The van der Waals surface area contributed by atoms with Crippen molar-refractivity contribution in [2.75, 3.05) is 7.11 Å². The molecule has 0 radical (unpaired) electrons. The maximum absolute atomic E-state index is 13.5. The predicted octanol–water partition coefficient (Wildman–Crippen LogP) is 5.39. The Balaban J connectivity index is 1.91. The minimum Gasteiger partial charge on any atom is -0.494 e. The predicted molar refractivity (Wildman–Crippen MR) is 108 cm³/mol. The molecule has 0 spiro atoms. The van der Waals surface area contributed by atoms with Gasteiger partial charge in [0.05, 0.1) is 18.3 Å². The van der Waals surface area contributed by atoms with Crippen molar-refractivity contribution in [2.45, 2.75) is 0 Å². The maximum atomic E-state index is 13.5. The Labute approximate surface area is 160 Å². The Bertz CT molecular complexity index is 1290. The van der Waals surface area contributed by atoms with Crippen LogP contribution in [-0.4, -0.2) is 21.9 Å². The highest BCUT2D eigenvalue weighted by atomic mass is 19.1. The van der Waals surface area contributed by atoms with E-state index in [2.05, 4.69) is 4.98 Å². The lowest BCUT2D eigenvalue weighted by atomic mass is 10.1. The van der Waals surface area contributed by atoms with Crippen LogP contribution < -0.4 is 4.74 Å². The van der Waals surface area contributed by atoms with Gasteiger partial charge in [-0.1, -0.05) is 42.5 Å². The largest absolute Gasteiger partial charge is 0.494 e. The number of aromatic nitrogens is 3. The summed E-state index contributed by atoms with van der Waals surface area (Å²) >= 11 is 0. The molecule has 2 heterocycles. The number of para-hydroxylation sites is 1. The molecule has 0 bridgehead atoms. The summed E-state index contributed by atoms with van der Waals surface area (Å²) in [6, 6.07) is 22.1. The van der Waals surface area contributed by atoms with Gasteiger partial charge in [0.2, 0.25) is 0 Å². The van der Waals surface area contributed by atoms with Crippen LogP contribution in [0.5, 0.6) is 5.75 Å². The average Bonchev–Trinajstić information content (AvgIpc) is 3.14. The molecule has 5 rings (SSSR count). The van der Waals surface area contributed by atoms with Crippen LogP contribution in [-0.2, 0) is 0 Å². The van der Waals surface area contributed by atoms with E-state index in [9.17, 15) is 4.39 Å². The van der Waals surface area contributed by atoms with Gasteiger partial charge < -0.3 is 4.74 Å². The maximum Gasteiger partial charge on any atom is 0.145 e. The molecule has 0 unspecified atom stereocenters. The molecule has 0 aliphatic heterocycles. The van der Waals surface area contributed by atoms with Crippen LogP contribution in [0.2, 0.25) is 0 Å². The summed E-state index contributed by atoms with van der Waals surface area (Å²) in [7, 11) is 1.63. The molecule has 0 amide bonds. The number of hydrogen-bond donors (Lipinski definition) is 0. The third kappa shape index (κ3) is 2.52. The first-order chi connectivity index (χ1) is 13.8. The molecule has 136 valence electrons. The van der Waals surface area contributed by atoms with Gasteiger partial charge in [0, 0.05) is 22.5 Å². The quantitative estimate of drug-likeness (QED) is 0.428. The molecule has 4 nitrogen and oxygen atoms in total. The Morgan fingerprint density at radius 2 is 1.64 bits per heavy atom. The molecule has 3 aromatic carbocycles. The van der Waals surface area contributed by atoms with Gasteiger partial charge in [-0.2, -0.15) is 5.10 Å². The first kappa shape index (κ1) is 16.4. The van der Waals surface area contributed by atoms with Gasteiger partial charge in [0.15, 0.2) is 0 Å². The number of rotatable bonds is 3. The van der Waals surface area contributed by atoms with Crippen molar-refractivity contribution in [1.29, 1.82) is 0 Å². The smallest absolute Gasteiger partial charge is 0.145 e. The van der Waals surface area contributed by atoms with Gasteiger partial charge in [-0.05, 0) is 30.3 Å². The third-order valence-electron chi connectivity index (χ3n) is 4.84. The number of benzene rings is 3. The van der Waals surface area contributed by atoms with E-state index in [1.165, 1.54) is 12.1 Å². The Morgan fingerprint density at radius 3 is 2.39 bits per heavy atom. The Hall–Kier alpha value is -3.73. The van der Waals surface area contributed by atoms with Crippen molar-refractivity contribution in [3.63, 3.8) is 0 Å². The van der Waals surface area contributed by atoms with E-state index in [1.54, 1.807) is 19.2 Å². The highest BCUT2D eigenvalue weighted by Gasteiger charge is 2.18. The average molecular weight is 369 g/mol. The van der Waals surface area contributed by atoms with E-state index in [-0.39, 0.29) is 5.82 Å². The summed E-state index contributed by atoms with van der Waals surface area (Å²) in [5, 5.41) is 6.73. The molecule has 0 N–H and O–H groups in total. The fourth-order valence-corrected chi connectivity index (χ4v) is 3.53. The lowest BCUT2D eigenvalue weighted by Gasteiger charge is -2.08. The van der Waals surface area contributed by atoms with Crippen molar-refractivity contribution >= 4 is 21.8 Å². The molecule has 0 saturated heterocycles. The lowest BCUT2D eigenvalue weighted by Crippen LogP contribution is -1.98. The Morgan fingerprint density at radius 1 is 0.857 bits per heavy atom. The summed E-state index contributed by atoms with van der Waals surface area (Å²) < 4.78 is 20.8. The third-order valence-corrected chi connectivity index (χ3v) is 4.84. The minimum atomic E-state index is -0.281. The molecule has 5 heteroatoms. The molecular formula is C23H16FN3O. The first-order valence-electron chi connectivity index (χ1n) is 8.92. The van der Waals surface area contributed by atoms with Crippen molar-refractivity contribution < 1.29 is 9.13 Å². The lowest BCUT2D eigenvalue weighted by molar-refractivity contribution is 0.419. The van der Waals surface area contributed by atoms with E-state index < -0.39 is 0 Å². The normalized spacial score (nSPS) is 11.2. The SMILES string of the molecule is COc1cccc2c1ncc1c(-c3ccccc3)nn(-c3ccc(F)cc3)c12. The molecule has 0 aliphatic rings. The van der Waals surface area contributed by atoms with Crippen molar-refractivity contribution in [3.8, 4) is 22.7 Å². The second-order valence-corrected chi connectivity index (χ2v) is 6.48. The number of nitrogens with zero attached hydrogens (tertiary/aromatic N) is 3. The minimum absolute atomic E-state index is 0.281. The molecule has 5 aromatic rings. The van der Waals surface area contributed by atoms with Crippen LogP contribution in [0.1, 0.15) is 0 Å². The van der Waals surface area contributed by atoms with Crippen LogP contribution in [0.15, 0.2) is 79.0 Å². The summed E-state index contributed by atoms with van der Waals surface area (Å²) in [5.41, 5.74) is 4.29. The number of pyridine rings is 1. The van der Waals surface area contributed by atoms with Gasteiger partial charge in [0.1, 0.15) is 22.8 Å². The summed E-state index contributed by atoms with van der Waals surface area (Å²) in [6.07, 6.45) is 1.83. The van der Waals surface area contributed by atoms with E-state index >= 15 is 0 Å². The molecule has 0 fully saturated rings. The fraction of sp³-hybridized carbons (Fsp3) is 0.0435. The monoisotopic (exact) mass is 369 g/mol. The van der Waals surface area contributed by atoms with Crippen molar-refractivity contribution in [2.24, 2.45) is 0 Å². The van der Waals surface area contributed by atoms with Crippen LogP contribution in [0, 0.1) is 5.82 Å². The molecule has 0 aliphatic carbocycles. The van der Waals surface area contributed by atoms with Gasteiger partial charge >= 0.3 is 0 Å². The number of methoxy groups -OCH3 is 1. The standard InChI is InChI=1S/C23H16FN3O/c1-28-20-9-5-8-18-22(20)25-14-19-21(15-6-3-2-4-7-15)26-27(23(18)19)17-12-10-16(24)11-13-17/h2-14H,1H3. The first-order valence-corrected chi connectivity index (χ1v) is 8.92. The zero-order valence-corrected chi connectivity index (χ0v) is 15.1. The number of halogens is 1. The fourth-order valence-electron chi connectivity index (χ4n) is 3.53. The van der Waals surface area contributed by atoms with Crippen molar-refractivity contribution in [3.05, 3.63) is 84.8 Å². The number of hydrogen-bond acceptors (Lipinski definition) is 3. The van der Waals surface area contributed by atoms with Gasteiger partial charge in [-0.3, -0.25) is 4.98 Å². The Kier molecular flexibility index (Phi) is 3.79. The highest BCUT2D eigenvalue weighted by Crippen LogP contribution is 2.35. The van der Waals surface area contributed by atoms with Crippen LogP contribution in [0.3, 0.4) is 0 Å². The molecule has 28 heavy (non-hydrogen) atoms. The number of ether oxygens (including phenoxy) is 1. The van der Waals surface area contributed by atoms with Crippen LogP contribution in [0.4, 0.5) is 4.39 Å². The van der Waals surface area contributed by atoms with Gasteiger partial charge in [-0.25, -0.2) is 9.07 Å². The highest BCUT2D eigenvalue weighted by molar-refractivity contribution is 6.10. The number of fused-ring (bicyclic) bond motifs is 3. The van der Waals surface area contributed by atoms with Gasteiger partial charge in [0.25, 0.3) is 0 Å². The van der Waals surface area contributed by atoms with E-state index in [0.717, 1.165) is 38.8 Å². The van der Waals surface area contributed by atoms with Gasteiger partial charge in [-0.15, -0.1) is 0 Å². The molecule has 2 aromatic heterocycles.